The van der Waals surface area contributed by atoms with E-state index >= 15 is 0 Å². The largest absolute Gasteiger partial charge is 0.494 e. The summed E-state index contributed by atoms with van der Waals surface area (Å²) in [5.74, 6) is 1.95. The highest BCUT2D eigenvalue weighted by atomic mass is 32.2. The van der Waals surface area contributed by atoms with Crippen LogP contribution in [0.3, 0.4) is 0 Å². The average molecular weight is 476 g/mol. The molecule has 3 heterocycles. The second-order valence-corrected chi connectivity index (χ2v) is 10.2. The molecule has 0 unspecified atom stereocenters. The van der Waals surface area contributed by atoms with E-state index in [-0.39, 0.29) is 11.7 Å². The predicted molar refractivity (Wildman–Crippen MR) is 135 cm³/mol. The SMILES string of the molecule is CCOc1ccc2c(c1)C(C)=CC(C)(C)N2C(=O)CSc1nnc(-c2cccnc2)n1C1CC1. The summed E-state index contributed by atoms with van der Waals surface area (Å²) in [4.78, 5) is 19.7. The number of ether oxygens (including phenoxy) is 1. The van der Waals surface area contributed by atoms with Crippen molar-refractivity contribution in [1.29, 1.82) is 0 Å². The Labute approximate surface area is 204 Å². The van der Waals surface area contributed by atoms with Crippen molar-refractivity contribution in [3.8, 4) is 17.1 Å². The van der Waals surface area contributed by atoms with Gasteiger partial charge in [0.2, 0.25) is 5.91 Å². The van der Waals surface area contributed by atoms with Crippen LogP contribution in [-0.2, 0) is 4.79 Å². The fourth-order valence-corrected chi connectivity index (χ4v) is 5.50. The Hall–Kier alpha value is -3.13. The van der Waals surface area contributed by atoms with E-state index in [1.807, 2.05) is 42.2 Å². The fourth-order valence-electron chi connectivity index (χ4n) is 4.64. The number of fused-ring (bicyclic) bond motifs is 1. The van der Waals surface area contributed by atoms with Crippen LogP contribution in [0, 0.1) is 0 Å². The standard InChI is InChI=1S/C26H29N5O2S/c1-5-33-20-10-11-22-21(13-20)17(2)14-26(3,4)31(22)23(32)16-34-25-29-28-24(30(25)19-8-9-19)18-7-6-12-27-15-18/h6-7,10-15,19H,5,8-9,16H2,1-4H3. The summed E-state index contributed by atoms with van der Waals surface area (Å²) < 4.78 is 7.87. The van der Waals surface area contributed by atoms with Gasteiger partial charge in [-0.3, -0.25) is 14.3 Å². The Morgan fingerprint density at radius 3 is 2.76 bits per heavy atom. The molecule has 1 fully saturated rings. The van der Waals surface area contributed by atoms with Crippen LogP contribution in [0.5, 0.6) is 5.75 Å². The fraction of sp³-hybridized carbons (Fsp3) is 0.385. The average Bonchev–Trinajstić information content (AvgIpc) is 3.57. The van der Waals surface area contributed by atoms with Gasteiger partial charge in [0.15, 0.2) is 11.0 Å². The second kappa shape index (κ2) is 8.91. The summed E-state index contributed by atoms with van der Waals surface area (Å²) in [5.41, 5.74) is 3.60. The number of carbonyl (C=O) groups excluding carboxylic acids is 1. The molecule has 2 aliphatic rings. The van der Waals surface area contributed by atoms with Crippen LogP contribution in [0.2, 0.25) is 0 Å². The molecule has 0 radical (unpaired) electrons. The number of hydrogen-bond acceptors (Lipinski definition) is 6. The van der Waals surface area contributed by atoms with Gasteiger partial charge >= 0.3 is 0 Å². The second-order valence-electron chi connectivity index (χ2n) is 9.26. The van der Waals surface area contributed by atoms with E-state index < -0.39 is 5.54 Å². The highest BCUT2D eigenvalue weighted by Crippen LogP contribution is 2.43. The Morgan fingerprint density at radius 1 is 1.24 bits per heavy atom. The number of thioether (sulfide) groups is 1. The van der Waals surface area contributed by atoms with E-state index in [1.54, 1.807) is 12.4 Å². The normalized spacial score (nSPS) is 16.7. The first-order valence-electron chi connectivity index (χ1n) is 11.7. The van der Waals surface area contributed by atoms with Gasteiger partial charge in [-0.05, 0) is 76.4 Å². The molecule has 1 amide bonds. The third-order valence-corrected chi connectivity index (χ3v) is 7.09. The lowest BCUT2D eigenvalue weighted by Gasteiger charge is -2.41. The molecule has 1 aliphatic carbocycles. The molecule has 1 saturated carbocycles. The molecule has 176 valence electrons. The lowest BCUT2D eigenvalue weighted by molar-refractivity contribution is -0.116. The van der Waals surface area contributed by atoms with E-state index in [4.69, 9.17) is 4.74 Å². The van der Waals surface area contributed by atoms with Gasteiger partial charge in [-0.15, -0.1) is 10.2 Å². The molecule has 5 rings (SSSR count). The first kappa shape index (κ1) is 22.7. The maximum Gasteiger partial charge on any atom is 0.238 e. The van der Waals surface area contributed by atoms with Crippen molar-refractivity contribution in [2.75, 3.05) is 17.3 Å². The van der Waals surface area contributed by atoms with Crippen LogP contribution in [0.1, 0.15) is 52.1 Å². The quantitative estimate of drug-likeness (QED) is 0.426. The van der Waals surface area contributed by atoms with Crippen LogP contribution in [0.25, 0.3) is 17.0 Å². The van der Waals surface area contributed by atoms with E-state index in [0.29, 0.717) is 12.6 Å². The van der Waals surface area contributed by atoms with E-state index in [1.165, 1.54) is 11.8 Å². The number of nitrogens with zero attached hydrogens (tertiary/aromatic N) is 5. The predicted octanol–water partition coefficient (Wildman–Crippen LogP) is 5.39. The third kappa shape index (κ3) is 4.22. The molecular weight excluding hydrogens is 446 g/mol. The Morgan fingerprint density at radius 2 is 2.06 bits per heavy atom. The highest BCUT2D eigenvalue weighted by molar-refractivity contribution is 7.99. The molecule has 7 nitrogen and oxygen atoms in total. The van der Waals surface area contributed by atoms with Gasteiger partial charge < -0.3 is 9.64 Å². The number of hydrogen-bond donors (Lipinski definition) is 0. The summed E-state index contributed by atoms with van der Waals surface area (Å²) in [6.45, 7) is 8.82. The van der Waals surface area contributed by atoms with Gasteiger partial charge in [0.25, 0.3) is 0 Å². The van der Waals surface area contributed by atoms with Gasteiger partial charge in [0.1, 0.15) is 5.75 Å². The first-order chi connectivity index (χ1) is 16.4. The molecule has 1 aliphatic heterocycles. The number of benzene rings is 1. The van der Waals surface area contributed by atoms with Gasteiger partial charge in [0, 0.05) is 29.6 Å². The lowest BCUT2D eigenvalue weighted by Crippen LogP contribution is -2.49. The zero-order valence-electron chi connectivity index (χ0n) is 20.0. The number of rotatable bonds is 7. The smallest absolute Gasteiger partial charge is 0.238 e. The summed E-state index contributed by atoms with van der Waals surface area (Å²) in [6, 6.07) is 10.2. The molecule has 0 saturated heterocycles. The summed E-state index contributed by atoms with van der Waals surface area (Å²) in [5, 5.41) is 9.67. The molecule has 0 spiro atoms. The molecule has 2 aromatic heterocycles. The third-order valence-electron chi connectivity index (χ3n) is 6.16. The summed E-state index contributed by atoms with van der Waals surface area (Å²) >= 11 is 1.45. The molecule has 34 heavy (non-hydrogen) atoms. The Kier molecular flexibility index (Phi) is 5.93. The molecule has 0 N–H and O–H groups in total. The zero-order chi connectivity index (χ0) is 23.9. The number of anilines is 1. The highest BCUT2D eigenvalue weighted by Gasteiger charge is 2.36. The molecule has 0 atom stereocenters. The van der Waals surface area contributed by atoms with Gasteiger partial charge in [-0.1, -0.05) is 17.8 Å². The van der Waals surface area contributed by atoms with E-state index in [2.05, 4.69) is 46.6 Å². The minimum atomic E-state index is -0.438. The topological polar surface area (TPSA) is 73.1 Å². The van der Waals surface area contributed by atoms with Crippen LogP contribution in [0.15, 0.2) is 54.0 Å². The van der Waals surface area contributed by atoms with Crippen molar-refractivity contribution >= 4 is 28.9 Å². The van der Waals surface area contributed by atoms with Crippen molar-refractivity contribution in [3.63, 3.8) is 0 Å². The van der Waals surface area contributed by atoms with Crippen molar-refractivity contribution in [3.05, 3.63) is 54.4 Å². The lowest BCUT2D eigenvalue weighted by atomic mass is 9.88. The van der Waals surface area contributed by atoms with Crippen LogP contribution in [0.4, 0.5) is 5.69 Å². The molecule has 8 heteroatoms. The molecule has 1 aromatic carbocycles. The number of aromatic nitrogens is 4. The summed E-state index contributed by atoms with van der Waals surface area (Å²) in [7, 11) is 0. The molecular formula is C26H29N5O2S. The van der Waals surface area contributed by atoms with Crippen molar-refractivity contribution in [2.24, 2.45) is 0 Å². The van der Waals surface area contributed by atoms with Crippen LogP contribution in [-0.4, -0.2) is 43.6 Å². The zero-order valence-corrected chi connectivity index (χ0v) is 20.8. The minimum absolute atomic E-state index is 0.0393. The first-order valence-corrected chi connectivity index (χ1v) is 12.7. The van der Waals surface area contributed by atoms with Gasteiger partial charge in [0.05, 0.1) is 23.6 Å². The Bertz CT molecular complexity index is 1250. The summed E-state index contributed by atoms with van der Waals surface area (Å²) in [6.07, 6.45) is 7.92. The van der Waals surface area contributed by atoms with Crippen LogP contribution < -0.4 is 9.64 Å². The number of carbonyl (C=O) groups is 1. The van der Waals surface area contributed by atoms with Crippen molar-refractivity contribution in [2.45, 2.75) is 57.3 Å². The van der Waals surface area contributed by atoms with Gasteiger partial charge in [-0.2, -0.15) is 0 Å². The maximum atomic E-state index is 13.6. The number of allylic oxidation sites excluding steroid dienone is 1. The number of pyridine rings is 1. The molecule has 0 bridgehead atoms. The van der Waals surface area contributed by atoms with Gasteiger partial charge in [-0.25, -0.2) is 0 Å². The molecule has 3 aromatic rings. The Balaban J connectivity index is 1.41. The number of amides is 1. The maximum absolute atomic E-state index is 13.6. The monoisotopic (exact) mass is 475 g/mol. The van der Waals surface area contributed by atoms with Crippen LogP contribution >= 0.6 is 11.8 Å². The van der Waals surface area contributed by atoms with E-state index in [9.17, 15) is 4.79 Å². The van der Waals surface area contributed by atoms with Crippen molar-refractivity contribution in [1.82, 2.24) is 19.7 Å². The van der Waals surface area contributed by atoms with E-state index in [0.717, 1.165) is 52.0 Å². The minimum Gasteiger partial charge on any atom is -0.494 e. The van der Waals surface area contributed by atoms with Crippen molar-refractivity contribution < 1.29 is 9.53 Å².